The molecule has 0 bridgehead atoms. The first kappa shape index (κ1) is 23.0. The van der Waals surface area contributed by atoms with Gasteiger partial charge in [0.25, 0.3) is 0 Å². The van der Waals surface area contributed by atoms with Crippen LogP contribution in [0.3, 0.4) is 0 Å². The molecule has 0 aliphatic rings. The summed E-state index contributed by atoms with van der Waals surface area (Å²) >= 11 is 0. The van der Waals surface area contributed by atoms with Crippen LogP contribution in [0.15, 0.2) is 71.6 Å². The maximum absolute atomic E-state index is 12.4. The maximum atomic E-state index is 12.4. The number of amidine groups is 1. The lowest BCUT2D eigenvalue weighted by Gasteiger charge is -2.11. The molecule has 0 saturated heterocycles. The van der Waals surface area contributed by atoms with Crippen molar-refractivity contribution in [1.82, 2.24) is 0 Å². The number of benzene rings is 3. The van der Waals surface area contributed by atoms with Crippen LogP contribution in [-0.4, -0.2) is 27.3 Å². The number of carbonyl (C=O) groups excluding carboxylic acids is 1. The van der Waals surface area contributed by atoms with Gasteiger partial charge in [0.2, 0.25) is 15.9 Å². The molecular weight excluding hydrogens is 428 g/mol. The van der Waals surface area contributed by atoms with Crippen molar-refractivity contribution >= 4 is 27.5 Å². The van der Waals surface area contributed by atoms with Crippen LogP contribution < -0.4 is 20.9 Å². The zero-order valence-corrected chi connectivity index (χ0v) is 18.3. The average molecular weight is 453 g/mol. The third kappa shape index (κ3) is 5.51. The molecule has 1 amide bonds. The summed E-state index contributed by atoms with van der Waals surface area (Å²) in [6.45, 7) is 0. The van der Waals surface area contributed by atoms with E-state index in [-0.39, 0.29) is 23.1 Å². The fraction of sp³-hybridized carbons (Fsp3) is 0.130. The fourth-order valence-corrected chi connectivity index (χ4v) is 4.05. The Kier molecular flexibility index (Phi) is 6.92. The van der Waals surface area contributed by atoms with Gasteiger partial charge in [-0.25, -0.2) is 13.6 Å². The van der Waals surface area contributed by atoms with Crippen molar-refractivity contribution < 1.29 is 17.9 Å². The second-order valence-corrected chi connectivity index (χ2v) is 8.64. The predicted molar refractivity (Wildman–Crippen MR) is 124 cm³/mol. The number of amides is 1. The Labute approximate surface area is 186 Å². The minimum atomic E-state index is -3.86. The van der Waals surface area contributed by atoms with Gasteiger partial charge in [0.1, 0.15) is 11.6 Å². The first-order valence-corrected chi connectivity index (χ1v) is 11.3. The predicted octanol–water partition coefficient (Wildman–Crippen LogP) is 2.86. The molecule has 0 aliphatic heterocycles. The lowest BCUT2D eigenvalue weighted by molar-refractivity contribution is -0.116. The van der Waals surface area contributed by atoms with Gasteiger partial charge in [-0.1, -0.05) is 36.4 Å². The molecule has 6 N–H and O–H groups in total. The standard InChI is InChI=1S/C23H24N4O4S/c1-31-20-12-6-15(14-19(20)23(24)25)7-13-22(28)27-17-10-8-16(9-11-17)18-4-2-3-5-21(18)32(26,29)30/h2-6,8-12,14H,7,13H2,1H3,(H3,24,25)(H,27,28)(H2,26,29,30). The van der Waals surface area contributed by atoms with Gasteiger partial charge in [-0.3, -0.25) is 10.2 Å². The van der Waals surface area contributed by atoms with E-state index in [2.05, 4.69) is 5.32 Å². The lowest BCUT2D eigenvalue weighted by Crippen LogP contribution is -2.14. The Hall–Kier alpha value is -3.69. The van der Waals surface area contributed by atoms with Gasteiger partial charge in [0.05, 0.1) is 17.6 Å². The van der Waals surface area contributed by atoms with Crippen LogP contribution in [0.1, 0.15) is 17.5 Å². The molecule has 0 spiro atoms. The normalized spacial score (nSPS) is 11.1. The SMILES string of the molecule is COc1ccc(CCC(=O)Nc2ccc(-c3ccccc3S(N)(=O)=O)cc2)cc1C(=N)N. The molecule has 3 aromatic rings. The number of primary sulfonamides is 1. The molecule has 0 saturated carbocycles. The van der Waals surface area contributed by atoms with Gasteiger partial charge >= 0.3 is 0 Å². The largest absolute Gasteiger partial charge is 0.496 e. The molecule has 0 aromatic heterocycles. The van der Waals surface area contributed by atoms with Crippen LogP contribution in [-0.2, 0) is 21.2 Å². The number of nitrogens with one attached hydrogen (secondary N) is 2. The van der Waals surface area contributed by atoms with Gasteiger partial charge < -0.3 is 15.8 Å². The first-order chi connectivity index (χ1) is 15.2. The minimum Gasteiger partial charge on any atom is -0.496 e. The monoisotopic (exact) mass is 452 g/mol. The van der Waals surface area contributed by atoms with Crippen LogP contribution in [0.2, 0.25) is 0 Å². The minimum absolute atomic E-state index is 0.0428. The third-order valence-corrected chi connectivity index (χ3v) is 5.84. The topological polar surface area (TPSA) is 148 Å². The molecule has 0 unspecified atom stereocenters. The van der Waals surface area contributed by atoms with E-state index in [0.29, 0.717) is 34.5 Å². The quantitative estimate of drug-likeness (QED) is 0.306. The second kappa shape index (κ2) is 9.63. The lowest BCUT2D eigenvalue weighted by atomic mass is 10.0. The van der Waals surface area contributed by atoms with Crippen LogP contribution in [0.4, 0.5) is 5.69 Å². The number of sulfonamides is 1. The Morgan fingerprint density at radius 2 is 1.75 bits per heavy atom. The van der Waals surface area contributed by atoms with Crippen molar-refractivity contribution in [3.8, 4) is 16.9 Å². The van der Waals surface area contributed by atoms with Crippen molar-refractivity contribution in [2.75, 3.05) is 12.4 Å². The van der Waals surface area contributed by atoms with Crippen LogP contribution in [0, 0.1) is 5.41 Å². The maximum Gasteiger partial charge on any atom is 0.238 e. The number of anilines is 1. The van der Waals surface area contributed by atoms with Gasteiger partial charge in [-0.15, -0.1) is 0 Å². The molecule has 166 valence electrons. The van der Waals surface area contributed by atoms with Crippen molar-refractivity contribution in [2.45, 2.75) is 17.7 Å². The highest BCUT2D eigenvalue weighted by Crippen LogP contribution is 2.27. The zero-order valence-electron chi connectivity index (χ0n) is 17.5. The van der Waals surface area contributed by atoms with E-state index in [0.717, 1.165) is 5.56 Å². The summed E-state index contributed by atoms with van der Waals surface area (Å²) in [7, 11) is -2.35. The molecule has 3 aromatic carbocycles. The Bertz CT molecular complexity index is 1260. The Balaban J connectivity index is 1.66. The molecule has 0 atom stereocenters. The van der Waals surface area contributed by atoms with Gasteiger partial charge in [0.15, 0.2) is 0 Å². The van der Waals surface area contributed by atoms with Gasteiger partial charge in [0, 0.05) is 17.7 Å². The van der Waals surface area contributed by atoms with Gasteiger partial charge in [-0.05, 0) is 47.9 Å². The number of aryl methyl sites for hydroxylation is 1. The highest BCUT2D eigenvalue weighted by atomic mass is 32.2. The zero-order chi connectivity index (χ0) is 23.3. The molecule has 0 heterocycles. The molecule has 9 heteroatoms. The molecular formula is C23H24N4O4S. The van der Waals surface area contributed by atoms with E-state index in [1.165, 1.54) is 13.2 Å². The summed E-state index contributed by atoms with van der Waals surface area (Å²) in [4.78, 5) is 12.4. The van der Waals surface area contributed by atoms with Crippen molar-refractivity contribution in [1.29, 1.82) is 5.41 Å². The average Bonchev–Trinajstić information content (AvgIpc) is 2.77. The number of nitrogens with two attached hydrogens (primary N) is 2. The Morgan fingerprint density at radius 3 is 2.38 bits per heavy atom. The summed E-state index contributed by atoms with van der Waals surface area (Å²) in [6, 6.07) is 18.6. The molecule has 3 rings (SSSR count). The summed E-state index contributed by atoms with van der Waals surface area (Å²) in [6.07, 6.45) is 0.704. The van der Waals surface area contributed by atoms with Crippen LogP contribution in [0.25, 0.3) is 11.1 Å². The van der Waals surface area contributed by atoms with E-state index in [1.807, 2.05) is 6.07 Å². The van der Waals surface area contributed by atoms with E-state index < -0.39 is 10.0 Å². The van der Waals surface area contributed by atoms with Crippen LogP contribution in [0.5, 0.6) is 5.75 Å². The van der Waals surface area contributed by atoms with Gasteiger partial charge in [-0.2, -0.15) is 0 Å². The molecule has 32 heavy (non-hydrogen) atoms. The first-order valence-electron chi connectivity index (χ1n) is 9.72. The number of nitrogen functional groups attached to an aromatic ring is 1. The second-order valence-electron chi connectivity index (χ2n) is 7.12. The molecule has 8 nitrogen and oxygen atoms in total. The highest BCUT2D eigenvalue weighted by Gasteiger charge is 2.14. The summed E-state index contributed by atoms with van der Waals surface area (Å²) in [5.74, 6) is 0.231. The van der Waals surface area contributed by atoms with Crippen molar-refractivity contribution in [3.63, 3.8) is 0 Å². The summed E-state index contributed by atoms with van der Waals surface area (Å²) < 4.78 is 28.8. The van der Waals surface area contributed by atoms with Crippen molar-refractivity contribution in [3.05, 3.63) is 77.9 Å². The number of carbonyl (C=O) groups is 1. The Morgan fingerprint density at radius 1 is 1.06 bits per heavy atom. The van der Waals surface area contributed by atoms with Crippen molar-refractivity contribution in [2.24, 2.45) is 10.9 Å². The van der Waals surface area contributed by atoms with E-state index in [4.69, 9.17) is 21.0 Å². The fourth-order valence-electron chi connectivity index (χ4n) is 3.29. The molecule has 0 aliphatic carbocycles. The van der Waals surface area contributed by atoms with E-state index >= 15 is 0 Å². The molecule has 0 radical (unpaired) electrons. The third-order valence-electron chi connectivity index (χ3n) is 4.87. The number of methoxy groups -OCH3 is 1. The van der Waals surface area contributed by atoms with E-state index in [1.54, 1.807) is 54.6 Å². The molecule has 0 fully saturated rings. The highest BCUT2D eigenvalue weighted by molar-refractivity contribution is 7.89. The smallest absolute Gasteiger partial charge is 0.238 e. The number of hydrogen-bond donors (Lipinski definition) is 4. The number of ether oxygens (including phenoxy) is 1. The summed E-state index contributed by atoms with van der Waals surface area (Å²) in [5, 5.41) is 15.8. The summed E-state index contributed by atoms with van der Waals surface area (Å²) in [5.41, 5.74) is 8.69. The van der Waals surface area contributed by atoms with Crippen LogP contribution >= 0.6 is 0 Å². The number of hydrogen-bond acceptors (Lipinski definition) is 5. The van der Waals surface area contributed by atoms with E-state index in [9.17, 15) is 13.2 Å². The number of rotatable bonds is 8.